The van der Waals surface area contributed by atoms with Gasteiger partial charge in [-0.05, 0) is 30.7 Å². The van der Waals surface area contributed by atoms with E-state index in [2.05, 4.69) is 0 Å². The summed E-state index contributed by atoms with van der Waals surface area (Å²) in [7, 11) is 1.61. The summed E-state index contributed by atoms with van der Waals surface area (Å²) in [5.74, 6) is 1.38. The van der Waals surface area contributed by atoms with E-state index in [9.17, 15) is 4.79 Å². The molecule has 2 rings (SSSR count). The van der Waals surface area contributed by atoms with Gasteiger partial charge in [-0.1, -0.05) is 6.07 Å². The summed E-state index contributed by atoms with van der Waals surface area (Å²) in [6, 6.07) is 5.60. The Labute approximate surface area is 125 Å². The van der Waals surface area contributed by atoms with Crippen molar-refractivity contribution in [1.82, 2.24) is 4.90 Å². The van der Waals surface area contributed by atoms with E-state index < -0.39 is 0 Å². The molecule has 1 aromatic carbocycles. The van der Waals surface area contributed by atoms with Crippen LogP contribution in [0.4, 0.5) is 0 Å². The molecule has 0 bridgehead atoms. The number of carbonyl (C=O) groups is 1. The van der Waals surface area contributed by atoms with Crippen molar-refractivity contribution in [3.05, 3.63) is 29.8 Å². The van der Waals surface area contributed by atoms with Crippen molar-refractivity contribution in [2.75, 3.05) is 40.0 Å². The van der Waals surface area contributed by atoms with E-state index in [4.69, 9.17) is 14.2 Å². The maximum absolute atomic E-state index is 12.0. The topological polar surface area (TPSA) is 48.0 Å². The molecule has 0 aliphatic carbocycles. The van der Waals surface area contributed by atoms with Gasteiger partial charge in [0.15, 0.2) is 11.5 Å². The van der Waals surface area contributed by atoms with E-state index in [-0.39, 0.29) is 5.91 Å². The second-order valence-corrected chi connectivity index (χ2v) is 4.61. The molecule has 114 valence electrons. The fourth-order valence-electron chi connectivity index (χ4n) is 2.12. The third kappa shape index (κ3) is 4.23. The Balaban J connectivity index is 2.05. The highest BCUT2D eigenvalue weighted by molar-refractivity contribution is 5.91. The van der Waals surface area contributed by atoms with Crippen molar-refractivity contribution in [3.8, 4) is 11.5 Å². The van der Waals surface area contributed by atoms with E-state index in [1.807, 2.05) is 25.1 Å². The molecule has 0 N–H and O–H groups in total. The summed E-state index contributed by atoms with van der Waals surface area (Å²) in [5, 5.41) is 0. The lowest BCUT2D eigenvalue weighted by Crippen LogP contribution is -2.39. The van der Waals surface area contributed by atoms with Crippen LogP contribution in [0.25, 0.3) is 6.08 Å². The minimum absolute atomic E-state index is 0.00655. The number of carbonyl (C=O) groups excluding carboxylic acids is 1. The van der Waals surface area contributed by atoms with Crippen LogP contribution in [0.2, 0.25) is 0 Å². The van der Waals surface area contributed by atoms with Crippen LogP contribution in [0.3, 0.4) is 0 Å². The Hall–Kier alpha value is -2.01. The van der Waals surface area contributed by atoms with Crippen molar-refractivity contribution >= 4 is 12.0 Å². The van der Waals surface area contributed by atoms with Gasteiger partial charge < -0.3 is 19.1 Å². The van der Waals surface area contributed by atoms with Crippen molar-refractivity contribution < 1.29 is 19.0 Å². The summed E-state index contributed by atoms with van der Waals surface area (Å²) in [5.41, 5.74) is 0.904. The van der Waals surface area contributed by atoms with Gasteiger partial charge in [-0.3, -0.25) is 4.79 Å². The van der Waals surface area contributed by atoms with Gasteiger partial charge in [0, 0.05) is 19.2 Å². The number of methoxy groups -OCH3 is 1. The molecule has 0 saturated carbocycles. The zero-order valence-electron chi connectivity index (χ0n) is 12.5. The van der Waals surface area contributed by atoms with Crippen molar-refractivity contribution in [3.63, 3.8) is 0 Å². The molecule has 0 radical (unpaired) electrons. The number of hydrogen-bond acceptors (Lipinski definition) is 4. The smallest absolute Gasteiger partial charge is 0.246 e. The number of hydrogen-bond donors (Lipinski definition) is 0. The van der Waals surface area contributed by atoms with E-state index in [0.717, 1.165) is 5.56 Å². The Kier molecular flexibility index (Phi) is 5.63. The minimum Gasteiger partial charge on any atom is -0.493 e. The summed E-state index contributed by atoms with van der Waals surface area (Å²) >= 11 is 0. The third-order valence-electron chi connectivity index (χ3n) is 3.23. The Morgan fingerprint density at radius 3 is 2.76 bits per heavy atom. The van der Waals surface area contributed by atoms with Crippen LogP contribution in [0.5, 0.6) is 11.5 Å². The fraction of sp³-hybridized carbons (Fsp3) is 0.438. The van der Waals surface area contributed by atoms with Gasteiger partial charge in [-0.25, -0.2) is 0 Å². The zero-order valence-corrected chi connectivity index (χ0v) is 12.5. The highest BCUT2D eigenvalue weighted by Crippen LogP contribution is 2.28. The van der Waals surface area contributed by atoms with E-state index in [0.29, 0.717) is 44.4 Å². The van der Waals surface area contributed by atoms with Gasteiger partial charge in [-0.2, -0.15) is 0 Å². The second-order valence-electron chi connectivity index (χ2n) is 4.61. The van der Waals surface area contributed by atoms with Gasteiger partial charge in [0.1, 0.15) is 0 Å². The van der Waals surface area contributed by atoms with E-state index >= 15 is 0 Å². The Morgan fingerprint density at radius 2 is 2.10 bits per heavy atom. The van der Waals surface area contributed by atoms with Gasteiger partial charge in [0.25, 0.3) is 0 Å². The van der Waals surface area contributed by atoms with Crippen LogP contribution in [-0.4, -0.2) is 50.8 Å². The summed E-state index contributed by atoms with van der Waals surface area (Å²) < 4.78 is 16.0. The molecule has 0 unspecified atom stereocenters. The standard InChI is InChI=1S/C16H21NO4/c1-3-21-15-12-13(4-6-14(15)19-2)5-7-16(18)17-8-10-20-11-9-17/h4-7,12H,3,8-11H2,1-2H3. The maximum atomic E-state index is 12.0. The van der Waals surface area contributed by atoms with Gasteiger partial charge in [0.2, 0.25) is 5.91 Å². The summed E-state index contributed by atoms with van der Waals surface area (Å²) in [6.07, 6.45) is 3.38. The molecule has 1 aliphatic rings. The van der Waals surface area contributed by atoms with E-state index in [1.165, 1.54) is 0 Å². The number of rotatable bonds is 5. The largest absolute Gasteiger partial charge is 0.493 e. The Bertz CT molecular complexity index is 507. The first-order chi connectivity index (χ1) is 10.2. The second kappa shape index (κ2) is 7.69. The fourth-order valence-corrected chi connectivity index (χ4v) is 2.12. The molecule has 1 aromatic rings. The van der Waals surface area contributed by atoms with Crippen LogP contribution in [-0.2, 0) is 9.53 Å². The average molecular weight is 291 g/mol. The molecule has 0 aromatic heterocycles. The minimum atomic E-state index is 0.00655. The lowest BCUT2D eigenvalue weighted by atomic mass is 10.2. The molecule has 5 nitrogen and oxygen atoms in total. The molecule has 1 saturated heterocycles. The molecule has 1 fully saturated rings. The van der Waals surface area contributed by atoms with Crippen molar-refractivity contribution in [1.29, 1.82) is 0 Å². The van der Waals surface area contributed by atoms with Gasteiger partial charge >= 0.3 is 0 Å². The first-order valence-corrected chi connectivity index (χ1v) is 7.10. The molecule has 1 heterocycles. The lowest BCUT2D eigenvalue weighted by molar-refractivity contribution is -0.129. The molecule has 1 aliphatic heterocycles. The van der Waals surface area contributed by atoms with Gasteiger partial charge in [-0.15, -0.1) is 0 Å². The van der Waals surface area contributed by atoms with Crippen LogP contribution in [0, 0.1) is 0 Å². The highest BCUT2D eigenvalue weighted by Gasteiger charge is 2.14. The maximum Gasteiger partial charge on any atom is 0.246 e. The van der Waals surface area contributed by atoms with Crippen LogP contribution in [0.1, 0.15) is 12.5 Å². The number of ether oxygens (including phenoxy) is 3. The third-order valence-corrected chi connectivity index (χ3v) is 3.23. The lowest BCUT2D eigenvalue weighted by Gasteiger charge is -2.25. The monoisotopic (exact) mass is 291 g/mol. The predicted octanol–water partition coefficient (Wildman–Crippen LogP) is 1.97. The van der Waals surface area contributed by atoms with Crippen molar-refractivity contribution in [2.45, 2.75) is 6.92 Å². The van der Waals surface area contributed by atoms with Crippen LogP contribution < -0.4 is 9.47 Å². The molecule has 1 amide bonds. The van der Waals surface area contributed by atoms with E-state index in [1.54, 1.807) is 24.2 Å². The molecular formula is C16H21NO4. The number of amides is 1. The first kappa shape index (κ1) is 15.4. The SMILES string of the molecule is CCOc1cc(C=CC(=O)N2CCOCC2)ccc1OC. The number of morpholine rings is 1. The molecule has 0 atom stereocenters. The highest BCUT2D eigenvalue weighted by atomic mass is 16.5. The molecule has 5 heteroatoms. The molecule has 0 spiro atoms. The zero-order chi connectivity index (χ0) is 15.1. The van der Waals surface area contributed by atoms with Gasteiger partial charge in [0.05, 0.1) is 26.9 Å². The number of nitrogens with zero attached hydrogens (tertiary/aromatic N) is 1. The Morgan fingerprint density at radius 1 is 1.33 bits per heavy atom. The number of benzene rings is 1. The van der Waals surface area contributed by atoms with Crippen LogP contribution in [0.15, 0.2) is 24.3 Å². The summed E-state index contributed by atoms with van der Waals surface area (Å²) in [6.45, 7) is 5.00. The quantitative estimate of drug-likeness (QED) is 0.778. The van der Waals surface area contributed by atoms with Crippen molar-refractivity contribution in [2.24, 2.45) is 0 Å². The summed E-state index contributed by atoms with van der Waals surface area (Å²) in [4.78, 5) is 13.8. The molecular weight excluding hydrogens is 270 g/mol. The average Bonchev–Trinajstić information content (AvgIpc) is 2.54. The molecule has 21 heavy (non-hydrogen) atoms. The first-order valence-electron chi connectivity index (χ1n) is 7.10. The van der Waals surface area contributed by atoms with Crippen LogP contribution >= 0.6 is 0 Å². The predicted molar refractivity (Wildman–Crippen MR) is 80.6 cm³/mol. The normalized spacial score (nSPS) is 15.2.